The zero-order chi connectivity index (χ0) is 16.2. The molecule has 3 aliphatic rings. The largest absolute Gasteiger partial charge is 0.339 e. The lowest BCUT2D eigenvalue weighted by Gasteiger charge is -2.34. The third-order valence-corrected chi connectivity index (χ3v) is 5.91. The molecular weight excluding hydrogens is 286 g/mol. The van der Waals surface area contributed by atoms with Gasteiger partial charge in [-0.3, -0.25) is 4.79 Å². The molecule has 0 aromatic rings. The number of nitrogens with one attached hydrogen (secondary N) is 1. The van der Waals surface area contributed by atoms with Crippen LogP contribution in [0.25, 0.3) is 0 Å². The first-order valence-corrected chi connectivity index (χ1v) is 9.87. The van der Waals surface area contributed by atoms with Gasteiger partial charge in [0.2, 0.25) is 5.91 Å². The fourth-order valence-corrected chi connectivity index (χ4v) is 4.68. The molecule has 1 atom stereocenters. The minimum absolute atomic E-state index is 0.412. The summed E-state index contributed by atoms with van der Waals surface area (Å²) >= 11 is 0. The van der Waals surface area contributed by atoms with E-state index in [2.05, 4.69) is 29.0 Å². The van der Waals surface area contributed by atoms with Crippen molar-refractivity contribution in [1.82, 2.24) is 15.1 Å². The Balaban J connectivity index is 1.36. The summed E-state index contributed by atoms with van der Waals surface area (Å²) in [5.74, 6) is 1.72. The molecule has 0 spiro atoms. The third kappa shape index (κ3) is 4.69. The van der Waals surface area contributed by atoms with Crippen LogP contribution in [0, 0.1) is 11.8 Å². The van der Waals surface area contributed by atoms with E-state index >= 15 is 0 Å². The standard InChI is InChI=1S/C19H35N3O/c1-15(2)13-21-9-7-17(8-10-21)20-12-16-11-19(23)22(14-16)18-5-3-4-6-18/h15-18,20H,3-14H2,1-2H3/t16-/m0/s1. The summed E-state index contributed by atoms with van der Waals surface area (Å²) in [4.78, 5) is 17.1. The van der Waals surface area contributed by atoms with Crippen LogP contribution >= 0.6 is 0 Å². The molecule has 4 heteroatoms. The lowest BCUT2D eigenvalue weighted by atomic mass is 10.0. The average molecular weight is 322 g/mol. The van der Waals surface area contributed by atoms with E-state index in [-0.39, 0.29) is 0 Å². The maximum absolute atomic E-state index is 12.3. The highest BCUT2D eigenvalue weighted by Gasteiger charge is 2.35. The average Bonchev–Trinajstić information content (AvgIpc) is 3.15. The Morgan fingerprint density at radius 3 is 2.48 bits per heavy atom. The number of carbonyl (C=O) groups excluding carboxylic acids is 1. The molecule has 1 saturated carbocycles. The van der Waals surface area contributed by atoms with Gasteiger partial charge >= 0.3 is 0 Å². The molecule has 0 bridgehead atoms. The van der Waals surface area contributed by atoms with Gasteiger partial charge < -0.3 is 15.1 Å². The number of hydrogen-bond acceptors (Lipinski definition) is 3. The van der Waals surface area contributed by atoms with Crippen molar-refractivity contribution in [3.8, 4) is 0 Å². The van der Waals surface area contributed by atoms with Crippen LogP contribution in [0.5, 0.6) is 0 Å². The van der Waals surface area contributed by atoms with E-state index in [1.54, 1.807) is 0 Å². The predicted molar refractivity (Wildman–Crippen MR) is 94.4 cm³/mol. The quantitative estimate of drug-likeness (QED) is 0.816. The highest BCUT2D eigenvalue weighted by molar-refractivity contribution is 5.79. The Bertz CT molecular complexity index is 384. The first-order valence-electron chi connectivity index (χ1n) is 9.87. The van der Waals surface area contributed by atoms with Gasteiger partial charge in [0, 0.05) is 38.1 Å². The first-order chi connectivity index (χ1) is 11.1. The van der Waals surface area contributed by atoms with Gasteiger partial charge in [0.25, 0.3) is 0 Å². The lowest BCUT2D eigenvalue weighted by Crippen LogP contribution is -2.45. The first kappa shape index (κ1) is 17.2. The van der Waals surface area contributed by atoms with Crippen LogP contribution in [0.2, 0.25) is 0 Å². The number of carbonyl (C=O) groups is 1. The van der Waals surface area contributed by atoms with Crippen molar-refractivity contribution in [2.24, 2.45) is 11.8 Å². The Labute approximate surface area is 142 Å². The summed E-state index contributed by atoms with van der Waals surface area (Å²) < 4.78 is 0. The van der Waals surface area contributed by atoms with Crippen molar-refractivity contribution in [3.05, 3.63) is 0 Å². The van der Waals surface area contributed by atoms with E-state index in [0.717, 1.165) is 25.4 Å². The van der Waals surface area contributed by atoms with Gasteiger partial charge in [-0.25, -0.2) is 0 Å². The van der Waals surface area contributed by atoms with Crippen molar-refractivity contribution in [2.75, 3.05) is 32.7 Å². The van der Waals surface area contributed by atoms with Crippen LogP contribution in [0.4, 0.5) is 0 Å². The highest BCUT2D eigenvalue weighted by atomic mass is 16.2. The molecule has 2 aliphatic heterocycles. The molecule has 3 rings (SSSR count). The molecule has 0 unspecified atom stereocenters. The smallest absolute Gasteiger partial charge is 0.223 e. The van der Waals surface area contributed by atoms with E-state index in [4.69, 9.17) is 0 Å². The van der Waals surface area contributed by atoms with E-state index in [1.165, 1.54) is 58.2 Å². The molecule has 0 aromatic heterocycles. The van der Waals surface area contributed by atoms with Crippen molar-refractivity contribution >= 4 is 5.91 Å². The van der Waals surface area contributed by atoms with Crippen molar-refractivity contribution in [3.63, 3.8) is 0 Å². The van der Waals surface area contributed by atoms with Gasteiger partial charge in [0.15, 0.2) is 0 Å². The zero-order valence-electron chi connectivity index (χ0n) is 15.1. The van der Waals surface area contributed by atoms with Crippen LogP contribution in [0.15, 0.2) is 0 Å². The minimum Gasteiger partial charge on any atom is -0.339 e. The number of amides is 1. The fraction of sp³-hybridized carbons (Fsp3) is 0.947. The number of piperidine rings is 1. The number of hydrogen-bond donors (Lipinski definition) is 1. The van der Waals surface area contributed by atoms with Crippen LogP contribution in [0.3, 0.4) is 0 Å². The Morgan fingerprint density at radius 1 is 1.13 bits per heavy atom. The molecule has 1 aliphatic carbocycles. The topological polar surface area (TPSA) is 35.6 Å². The van der Waals surface area contributed by atoms with E-state index in [0.29, 0.717) is 23.9 Å². The van der Waals surface area contributed by atoms with E-state index < -0.39 is 0 Å². The number of rotatable bonds is 6. The molecule has 4 nitrogen and oxygen atoms in total. The van der Waals surface area contributed by atoms with Crippen molar-refractivity contribution in [2.45, 2.75) is 70.9 Å². The molecule has 2 saturated heterocycles. The molecule has 3 fully saturated rings. The van der Waals surface area contributed by atoms with Crippen LogP contribution < -0.4 is 5.32 Å². The van der Waals surface area contributed by atoms with Gasteiger partial charge in [0.1, 0.15) is 0 Å². The summed E-state index contributed by atoms with van der Waals surface area (Å²) in [5.41, 5.74) is 0. The zero-order valence-corrected chi connectivity index (χ0v) is 15.1. The second kappa shape index (κ2) is 7.98. The SMILES string of the molecule is CC(C)CN1CCC(NC[C@@H]2CC(=O)N(C3CCCC3)C2)CC1. The monoisotopic (exact) mass is 321 g/mol. The van der Waals surface area contributed by atoms with Gasteiger partial charge in [-0.15, -0.1) is 0 Å². The van der Waals surface area contributed by atoms with Crippen molar-refractivity contribution in [1.29, 1.82) is 0 Å². The Morgan fingerprint density at radius 2 is 1.83 bits per heavy atom. The summed E-state index contributed by atoms with van der Waals surface area (Å²) in [6, 6.07) is 1.22. The van der Waals surface area contributed by atoms with Gasteiger partial charge in [-0.05, 0) is 50.6 Å². The molecule has 0 aromatic carbocycles. The molecule has 132 valence electrons. The van der Waals surface area contributed by atoms with Gasteiger partial charge in [0.05, 0.1) is 0 Å². The van der Waals surface area contributed by atoms with Gasteiger partial charge in [-0.1, -0.05) is 26.7 Å². The minimum atomic E-state index is 0.412. The number of nitrogens with zero attached hydrogens (tertiary/aromatic N) is 2. The second-order valence-corrected chi connectivity index (χ2v) is 8.43. The maximum atomic E-state index is 12.3. The highest BCUT2D eigenvalue weighted by Crippen LogP contribution is 2.29. The second-order valence-electron chi connectivity index (χ2n) is 8.43. The molecular formula is C19H35N3O. The Hall–Kier alpha value is -0.610. The number of likely N-dealkylation sites (tertiary alicyclic amines) is 2. The van der Waals surface area contributed by atoms with E-state index in [9.17, 15) is 4.79 Å². The third-order valence-electron chi connectivity index (χ3n) is 5.91. The Kier molecular flexibility index (Phi) is 5.97. The summed E-state index contributed by atoms with van der Waals surface area (Å²) in [7, 11) is 0. The summed E-state index contributed by atoms with van der Waals surface area (Å²) in [5, 5.41) is 3.76. The lowest BCUT2D eigenvalue weighted by molar-refractivity contribution is -0.129. The predicted octanol–water partition coefficient (Wildman–Crippen LogP) is 2.49. The summed E-state index contributed by atoms with van der Waals surface area (Å²) in [6.07, 6.45) is 8.40. The molecule has 2 heterocycles. The maximum Gasteiger partial charge on any atom is 0.223 e. The summed E-state index contributed by atoms with van der Waals surface area (Å²) in [6.45, 7) is 10.3. The van der Waals surface area contributed by atoms with E-state index in [1.807, 2.05) is 0 Å². The fourth-order valence-electron chi connectivity index (χ4n) is 4.68. The van der Waals surface area contributed by atoms with Crippen LogP contribution in [-0.4, -0.2) is 60.5 Å². The van der Waals surface area contributed by atoms with Crippen LogP contribution in [-0.2, 0) is 4.79 Å². The van der Waals surface area contributed by atoms with Gasteiger partial charge in [-0.2, -0.15) is 0 Å². The molecule has 0 radical (unpaired) electrons. The molecule has 1 N–H and O–H groups in total. The van der Waals surface area contributed by atoms with Crippen LogP contribution in [0.1, 0.15) is 58.8 Å². The molecule has 1 amide bonds. The normalized spacial score (nSPS) is 28.4. The van der Waals surface area contributed by atoms with Crippen molar-refractivity contribution < 1.29 is 4.79 Å². The molecule has 23 heavy (non-hydrogen) atoms.